The quantitative estimate of drug-likeness (QED) is 0.696. The predicted molar refractivity (Wildman–Crippen MR) is 114 cm³/mol. The third-order valence-corrected chi connectivity index (χ3v) is 4.84. The van der Waals surface area contributed by atoms with Crippen LogP contribution in [0.1, 0.15) is 39.8 Å². The first-order valence-corrected chi connectivity index (χ1v) is 9.54. The van der Waals surface area contributed by atoms with Crippen LogP contribution in [0.2, 0.25) is 0 Å². The Morgan fingerprint density at radius 2 is 1.83 bits per heavy atom. The van der Waals surface area contributed by atoms with Gasteiger partial charge in [0.15, 0.2) is 0 Å². The maximum Gasteiger partial charge on any atom is 0.255 e. The summed E-state index contributed by atoms with van der Waals surface area (Å²) < 4.78 is 1.93. The summed E-state index contributed by atoms with van der Waals surface area (Å²) in [5.74, 6) is -0.207. The second kappa shape index (κ2) is 8.73. The van der Waals surface area contributed by atoms with Gasteiger partial charge < -0.3 is 10.2 Å². The summed E-state index contributed by atoms with van der Waals surface area (Å²) in [5, 5.41) is 7.46. The molecule has 0 saturated carbocycles. The molecule has 1 heterocycles. The average Bonchev–Trinajstić information content (AvgIpc) is 3.00. The normalized spacial score (nSPS) is 10.6. The van der Waals surface area contributed by atoms with Gasteiger partial charge in [-0.15, -0.1) is 0 Å². The molecule has 3 aromatic rings. The summed E-state index contributed by atoms with van der Waals surface area (Å²) in [4.78, 5) is 26.0. The lowest BCUT2D eigenvalue weighted by molar-refractivity contribution is -0.128. The van der Waals surface area contributed by atoms with Crippen LogP contribution in [-0.4, -0.2) is 33.5 Å². The van der Waals surface area contributed by atoms with Crippen LogP contribution in [0.25, 0.3) is 0 Å². The molecule has 2 amide bonds. The summed E-state index contributed by atoms with van der Waals surface area (Å²) in [6.07, 6.45) is 0. The molecule has 0 bridgehead atoms. The Morgan fingerprint density at radius 3 is 2.52 bits per heavy atom. The van der Waals surface area contributed by atoms with Crippen molar-refractivity contribution < 1.29 is 9.59 Å². The van der Waals surface area contributed by atoms with E-state index in [1.165, 1.54) is 6.92 Å². The van der Waals surface area contributed by atoms with E-state index >= 15 is 0 Å². The number of hydrogen-bond donors (Lipinski definition) is 1. The van der Waals surface area contributed by atoms with Gasteiger partial charge in [0, 0.05) is 37.5 Å². The molecule has 6 nitrogen and oxygen atoms in total. The second-order valence-corrected chi connectivity index (χ2v) is 7.27. The van der Waals surface area contributed by atoms with E-state index in [9.17, 15) is 9.59 Å². The molecule has 0 aliphatic rings. The van der Waals surface area contributed by atoms with Crippen molar-refractivity contribution in [2.45, 2.75) is 33.9 Å². The highest BCUT2D eigenvalue weighted by atomic mass is 16.2. The van der Waals surface area contributed by atoms with Crippen molar-refractivity contribution in [1.29, 1.82) is 0 Å². The molecule has 0 saturated heterocycles. The molecule has 0 unspecified atom stereocenters. The maximum atomic E-state index is 12.8. The molecule has 0 spiro atoms. The fraction of sp³-hybridized carbons (Fsp3) is 0.261. The van der Waals surface area contributed by atoms with Gasteiger partial charge in [-0.25, -0.2) is 0 Å². The van der Waals surface area contributed by atoms with Gasteiger partial charge in [-0.2, -0.15) is 5.10 Å². The second-order valence-electron chi connectivity index (χ2n) is 7.27. The van der Waals surface area contributed by atoms with E-state index in [0.29, 0.717) is 24.3 Å². The van der Waals surface area contributed by atoms with E-state index in [4.69, 9.17) is 0 Å². The summed E-state index contributed by atoms with van der Waals surface area (Å²) in [5.41, 5.74) is 5.24. The number of aryl methyl sites for hydroxylation is 2. The minimum atomic E-state index is -0.182. The number of carbonyl (C=O) groups is 2. The molecule has 0 aliphatic carbocycles. The van der Waals surface area contributed by atoms with E-state index in [1.54, 1.807) is 18.0 Å². The van der Waals surface area contributed by atoms with Gasteiger partial charge in [-0.05, 0) is 49.2 Å². The summed E-state index contributed by atoms with van der Waals surface area (Å²) in [7, 11) is 1.74. The van der Waals surface area contributed by atoms with Crippen LogP contribution in [0.4, 0.5) is 5.69 Å². The highest BCUT2D eigenvalue weighted by Crippen LogP contribution is 2.19. The lowest BCUT2D eigenvalue weighted by Crippen LogP contribution is -2.24. The highest BCUT2D eigenvalue weighted by Gasteiger charge is 2.12. The molecule has 1 aromatic heterocycles. The third kappa shape index (κ3) is 5.10. The van der Waals surface area contributed by atoms with Gasteiger partial charge in [-0.1, -0.05) is 30.3 Å². The monoisotopic (exact) mass is 390 g/mol. The molecule has 1 N–H and O–H groups in total. The molecule has 6 heteroatoms. The van der Waals surface area contributed by atoms with Crippen LogP contribution in [0.3, 0.4) is 0 Å². The average molecular weight is 390 g/mol. The number of nitrogens with zero attached hydrogens (tertiary/aromatic N) is 3. The zero-order chi connectivity index (χ0) is 21.0. The van der Waals surface area contributed by atoms with Crippen molar-refractivity contribution in [3.05, 3.63) is 82.7 Å². The summed E-state index contributed by atoms with van der Waals surface area (Å²) in [6.45, 7) is 6.56. The van der Waals surface area contributed by atoms with Crippen molar-refractivity contribution in [2.24, 2.45) is 0 Å². The van der Waals surface area contributed by atoms with Crippen molar-refractivity contribution in [2.75, 3.05) is 12.4 Å². The number of para-hydroxylation sites is 1. The Balaban J connectivity index is 1.76. The molecule has 29 heavy (non-hydrogen) atoms. The van der Waals surface area contributed by atoms with E-state index in [0.717, 1.165) is 22.5 Å². The van der Waals surface area contributed by atoms with Crippen molar-refractivity contribution in [3.63, 3.8) is 0 Å². The van der Waals surface area contributed by atoms with Crippen molar-refractivity contribution in [3.8, 4) is 0 Å². The zero-order valence-corrected chi connectivity index (χ0v) is 17.3. The first-order chi connectivity index (χ1) is 13.8. The Hall–Kier alpha value is -3.41. The van der Waals surface area contributed by atoms with Crippen LogP contribution in [-0.2, 0) is 17.9 Å². The number of amides is 2. The first kappa shape index (κ1) is 20.3. The largest absolute Gasteiger partial charge is 0.342 e. The summed E-state index contributed by atoms with van der Waals surface area (Å²) in [6, 6.07) is 17.1. The van der Waals surface area contributed by atoms with Crippen LogP contribution >= 0.6 is 0 Å². The van der Waals surface area contributed by atoms with Gasteiger partial charge in [0.05, 0.1) is 12.2 Å². The van der Waals surface area contributed by atoms with E-state index < -0.39 is 0 Å². The SMILES string of the molecule is CC(=O)N(C)Cc1ccccc1NC(=O)c1cccc(Cn2nc(C)cc2C)c1. The molecular formula is C23H26N4O2. The number of hydrogen-bond acceptors (Lipinski definition) is 3. The van der Waals surface area contributed by atoms with Gasteiger partial charge in [-0.3, -0.25) is 14.3 Å². The van der Waals surface area contributed by atoms with Gasteiger partial charge in [0.2, 0.25) is 5.91 Å². The topological polar surface area (TPSA) is 67.2 Å². The minimum absolute atomic E-state index is 0.0250. The van der Waals surface area contributed by atoms with Crippen LogP contribution in [0.15, 0.2) is 54.6 Å². The fourth-order valence-corrected chi connectivity index (χ4v) is 3.16. The van der Waals surface area contributed by atoms with Gasteiger partial charge in [0.1, 0.15) is 0 Å². The van der Waals surface area contributed by atoms with Crippen molar-refractivity contribution >= 4 is 17.5 Å². The molecule has 2 aromatic carbocycles. The highest BCUT2D eigenvalue weighted by molar-refractivity contribution is 6.04. The Bertz CT molecular complexity index is 1040. The number of benzene rings is 2. The smallest absolute Gasteiger partial charge is 0.255 e. The van der Waals surface area contributed by atoms with Crippen LogP contribution in [0.5, 0.6) is 0 Å². The minimum Gasteiger partial charge on any atom is -0.342 e. The maximum absolute atomic E-state index is 12.8. The van der Waals surface area contributed by atoms with Crippen molar-refractivity contribution in [1.82, 2.24) is 14.7 Å². The molecule has 0 radical (unpaired) electrons. The van der Waals surface area contributed by atoms with E-state index in [2.05, 4.69) is 10.4 Å². The number of carbonyl (C=O) groups excluding carboxylic acids is 2. The number of anilines is 1. The third-order valence-electron chi connectivity index (χ3n) is 4.84. The number of rotatable bonds is 6. The molecule has 0 atom stereocenters. The summed E-state index contributed by atoms with van der Waals surface area (Å²) >= 11 is 0. The lowest BCUT2D eigenvalue weighted by atomic mass is 10.1. The Labute approximate surface area is 171 Å². The van der Waals surface area contributed by atoms with E-state index in [1.807, 2.05) is 67.1 Å². The Kier molecular flexibility index (Phi) is 6.12. The fourth-order valence-electron chi connectivity index (χ4n) is 3.16. The van der Waals surface area contributed by atoms with Gasteiger partial charge in [0.25, 0.3) is 5.91 Å². The van der Waals surface area contributed by atoms with Crippen LogP contribution < -0.4 is 5.32 Å². The van der Waals surface area contributed by atoms with Gasteiger partial charge >= 0.3 is 0 Å². The predicted octanol–water partition coefficient (Wildman–Crippen LogP) is 3.78. The standard InChI is InChI=1S/C23H26N4O2/c1-16-12-17(2)27(25-16)14-19-8-7-10-20(13-19)23(29)24-22-11-6-5-9-21(22)15-26(4)18(3)28/h5-13H,14-15H2,1-4H3,(H,24,29). The zero-order valence-electron chi connectivity index (χ0n) is 17.3. The number of nitrogens with one attached hydrogen (secondary N) is 1. The molecule has 150 valence electrons. The molecule has 0 aliphatic heterocycles. The van der Waals surface area contributed by atoms with Crippen LogP contribution in [0, 0.1) is 13.8 Å². The van der Waals surface area contributed by atoms with E-state index in [-0.39, 0.29) is 11.8 Å². The first-order valence-electron chi connectivity index (χ1n) is 9.54. The lowest BCUT2D eigenvalue weighted by Gasteiger charge is -2.18. The molecule has 3 rings (SSSR count). The molecule has 0 fully saturated rings. The Morgan fingerprint density at radius 1 is 1.07 bits per heavy atom. The number of aromatic nitrogens is 2. The molecular weight excluding hydrogens is 364 g/mol.